The number of nitrogens with zero attached hydrogens (tertiary/aromatic N) is 1. The van der Waals surface area contributed by atoms with Gasteiger partial charge in [0.2, 0.25) is 11.8 Å². The molecule has 0 unspecified atom stereocenters. The van der Waals surface area contributed by atoms with Gasteiger partial charge in [-0.05, 0) is 38.0 Å². The Balaban J connectivity index is 1.66. The van der Waals surface area contributed by atoms with Gasteiger partial charge >= 0.3 is 0 Å². The van der Waals surface area contributed by atoms with Gasteiger partial charge in [0, 0.05) is 35.2 Å². The Kier molecular flexibility index (Phi) is 8.31. The predicted octanol–water partition coefficient (Wildman–Crippen LogP) is 4.78. The summed E-state index contributed by atoms with van der Waals surface area (Å²) in [6.45, 7) is 1.81. The van der Waals surface area contributed by atoms with Crippen LogP contribution in [-0.2, 0) is 16.1 Å². The summed E-state index contributed by atoms with van der Waals surface area (Å²) in [7, 11) is 0. The van der Waals surface area contributed by atoms with E-state index in [0.717, 1.165) is 30.6 Å². The Morgan fingerprint density at radius 1 is 1.10 bits per heavy atom. The van der Waals surface area contributed by atoms with Crippen molar-refractivity contribution in [1.82, 2.24) is 10.2 Å². The van der Waals surface area contributed by atoms with Gasteiger partial charge in [0.25, 0.3) is 0 Å². The molecule has 4 nitrogen and oxygen atoms in total. The van der Waals surface area contributed by atoms with Crippen molar-refractivity contribution in [1.29, 1.82) is 0 Å². The normalized spacial score (nSPS) is 15.0. The first-order chi connectivity index (χ1) is 14.5. The van der Waals surface area contributed by atoms with Crippen molar-refractivity contribution in [3.8, 4) is 0 Å². The molecule has 0 heterocycles. The number of halogens is 1. The zero-order valence-electron chi connectivity index (χ0n) is 17.4. The number of hydrogen-bond donors (Lipinski definition) is 1. The summed E-state index contributed by atoms with van der Waals surface area (Å²) in [4.78, 5) is 28.5. The molecule has 1 N–H and O–H groups in total. The van der Waals surface area contributed by atoms with Crippen LogP contribution in [0.2, 0.25) is 0 Å². The van der Waals surface area contributed by atoms with Crippen molar-refractivity contribution < 1.29 is 14.0 Å². The Morgan fingerprint density at radius 2 is 1.77 bits per heavy atom. The fourth-order valence-corrected chi connectivity index (χ4v) is 4.56. The number of thioether (sulfide) groups is 1. The minimum Gasteiger partial charge on any atom is -0.352 e. The van der Waals surface area contributed by atoms with E-state index in [1.165, 1.54) is 11.0 Å². The van der Waals surface area contributed by atoms with Crippen LogP contribution in [0.15, 0.2) is 59.5 Å². The number of hydrogen-bond acceptors (Lipinski definition) is 3. The number of amides is 2. The summed E-state index contributed by atoms with van der Waals surface area (Å²) in [5, 5.41) is 3.06. The summed E-state index contributed by atoms with van der Waals surface area (Å²) in [5.74, 6) is -0.0662. The van der Waals surface area contributed by atoms with Crippen LogP contribution >= 0.6 is 11.8 Å². The smallest absolute Gasteiger partial charge is 0.242 e. The molecule has 0 radical (unpaired) electrons. The molecule has 160 valence electrons. The lowest BCUT2D eigenvalue weighted by Gasteiger charge is -2.30. The first-order valence-corrected chi connectivity index (χ1v) is 11.5. The van der Waals surface area contributed by atoms with Crippen LogP contribution in [0.1, 0.15) is 44.6 Å². The Bertz CT molecular complexity index is 840. The lowest BCUT2D eigenvalue weighted by atomic mass is 10.1. The van der Waals surface area contributed by atoms with E-state index in [1.54, 1.807) is 36.9 Å². The van der Waals surface area contributed by atoms with Gasteiger partial charge in [-0.25, -0.2) is 4.39 Å². The largest absolute Gasteiger partial charge is 0.352 e. The van der Waals surface area contributed by atoms with Gasteiger partial charge in [-0.3, -0.25) is 9.59 Å². The molecule has 0 aromatic heterocycles. The number of nitrogens with one attached hydrogen (secondary N) is 1. The highest BCUT2D eigenvalue weighted by Gasteiger charge is 2.28. The van der Waals surface area contributed by atoms with E-state index < -0.39 is 6.04 Å². The van der Waals surface area contributed by atoms with Crippen LogP contribution in [0, 0.1) is 5.82 Å². The van der Waals surface area contributed by atoms with Crippen LogP contribution in [0.3, 0.4) is 0 Å². The average Bonchev–Trinajstić information content (AvgIpc) is 3.26. The van der Waals surface area contributed by atoms with E-state index in [1.807, 2.05) is 30.3 Å². The first-order valence-electron chi connectivity index (χ1n) is 10.6. The first kappa shape index (κ1) is 22.3. The van der Waals surface area contributed by atoms with Gasteiger partial charge in [0.05, 0.1) is 0 Å². The third-order valence-electron chi connectivity index (χ3n) is 5.50. The zero-order chi connectivity index (χ0) is 21.3. The molecule has 0 bridgehead atoms. The van der Waals surface area contributed by atoms with E-state index in [4.69, 9.17) is 0 Å². The minimum atomic E-state index is -0.653. The van der Waals surface area contributed by atoms with Crippen molar-refractivity contribution >= 4 is 23.6 Å². The van der Waals surface area contributed by atoms with Crippen molar-refractivity contribution in [2.75, 3.05) is 5.75 Å². The highest BCUT2D eigenvalue weighted by Crippen LogP contribution is 2.21. The Morgan fingerprint density at radius 3 is 2.47 bits per heavy atom. The summed E-state index contributed by atoms with van der Waals surface area (Å²) < 4.78 is 14.2. The fraction of sp³-hybridized carbons (Fsp3) is 0.417. The van der Waals surface area contributed by atoms with Gasteiger partial charge in [-0.15, -0.1) is 11.8 Å². The molecule has 1 aliphatic carbocycles. The molecule has 1 aliphatic rings. The summed E-state index contributed by atoms with van der Waals surface area (Å²) in [6.07, 6.45) is 4.48. The monoisotopic (exact) mass is 428 g/mol. The topological polar surface area (TPSA) is 49.4 Å². The average molecular weight is 429 g/mol. The maximum atomic E-state index is 14.2. The second kappa shape index (κ2) is 11.2. The Labute approximate surface area is 182 Å². The molecule has 1 atom stereocenters. The van der Waals surface area contributed by atoms with Crippen molar-refractivity contribution in [2.45, 2.75) is 62.6 Å². The van der Waals surface area contributed by atoms with Crippen molar-refractivity contribution in [3.05, 3.63) is 66.0 Å². The molecule has 2 aromatic carbocycles. The van der Waals surface area contributed by atoms with Gasteiger partial charge in [-0.2, -0.15) is 0 Å². The molecule has 2 amide bonds. The molecule has 2 aromatic rings. The summed E-state index contributed by atoms with van der Waals surface area (Å²) in [5.41, 5.74) is 0.419. The summed E-state index contributed by atoms with van der Waals surface area (Å²) >= 11 is 1.60. The fourth-order valence-electron chi connectivity index (χ4n) is 3.70. The zero-order valence-corrected chi connectivity index (χ0v) is 18.2. The van der Waals surface area contributed by atoms with Gasteiger partial charge < -0.3 is 10.2 Å². The second-order valence-corrected chi connectivity index (χ2v) is 8.86. The summed E-state index contributed by atoms with van der Waals surface area (Å²) in [6, 6.07) is 15.8. The number of carbonyl (C=O) groups excluding carboxylic acids is 2. The molecule has 0 spiro atoms. The van der Waals surface area contributed by atoms with Gasteiger partial charge in [-0.1, -0.05) is 49.2 Å². The van der Waals surface area contributed by atoms with E-state index in [9.17, 15) is 14.0 Å². The highest BCUT2D eigenvalue weighted by atomic mass is 32.2. The molecule has 0 saturated heterocycles. The molecule has 1 fully saturated rings. The van der Waals surface area contributed by atoms with Crippen molar-refractivity contribution in [2.24, 2.45) is 0 Å². The molecule has 6 heteroatoms. The molecule has 3 rings (SSSR count). The van der Waals surface area contributed by atoms with E-state index in [2.05, 4.69) is 5.32 Å². The third-order valence-corrected chi connectivity index (χ3v) is 6.51. The van der Waals surface area contributed by atoms with Crippen molar-refractivity contribution in [3.63, 3.8) is 0 Å². The predicted molar refractivity (Wildman–Crippen MR) is 119 cm³/mol. The van der Waals surface area contributed by atoms with Crippen LogP contribution in [-0.4, -0.2) is 34.6 Å². The second-order valence-electron chi connectivity index (χ2n) is 7.69. The maximum Gasteiger partial charge on any atom is 0.242 e. The van der Waals surface area contributed by atoms with Gasteiger partial charge in [0.1, 0.15) is 11.9 Å². The lowest BCUT2D eigenvalue weighted by molar-refractivity contribution is -0.140. The third kappa shape index (κ3) is 6.33. The number of carbonyl (C=O) groups is 2. The van der Waals surface area contributed by atoms with Crippen LogP contribution in [0.25, 0.3) is 0 Å². The van der Waals surface area contributed by atoms with Crippen LogP contribution in [0.5, 0.6) is 0 Å². The molecular formula is C24H29FN2O2S. The molecule has 1 saturated carbocycles. The van der Waals surface area contributed by atoms with Crippen LogP contribution in [0.4, 0.5) is 4.39 Å². The molecular weight excluding hydrogens is 399 g/mol. The van der Waals surface area contributed by atoms with Crippen LogP contribution < -0.4 is 5.32 Å². The maximum absolute atomic E-state index is 14.2. The van der Waals surface area contributed by atoms with Gasteiger partial charge in [0.15, 0.2) is 0 Å². The standard InChI is InChI=1S/C24H29FN2O2S/c1-18(24(29)26-20-10-6-7-11-20)27(17-19-9-5-8-14-22(19)25)23(28)15-16-30-21-12-3-2-4-13-21/h2-5,8-9,12-14,18,20H,6-7,10-11,15-17H2,1H3,(H,26,29)/t18-/m0/s1. The highest BCUT2D eigenvalue weighted by molar-refractivity contribution is 7.99. The van der Waals surface area contributed by atoms with E-state index in [-0.39, 0.29) is 36.6 Å². The molecule has 30 heavy (non-hydrogen) atoms. The van der Waals surface area contributed by atoms with E-state index >= 15 is 0 Å². The lowest BCUT2D eigenvalue weighted by Crippen LogP contribution is -2.49. The Hall–Kier alpha value is -2.34. The number of rotatable bonds is 9. The molecule has 0 aliphatic heterocycles. The quantitative estimate of drug-likeness (QED) is 0.585. The number of benzene rings is 2. The minimum absolute atomic E-state index is 0.0841. The SMILES string of the molecule is C[C@@H](C(=O)NC1CCCC1)N(Cc1ccccc1F)C(=O)CCSc1ccccc1. The van der Waals surface area contributed by atoms with E-state index in [0.29, 0.717) is 11.3 Å².